The molecule has 3 aromatic rings. The van der Waals surface area contributed by atoms with E-state index in [0.29, 0.717) is 5.56 Å². The van der Waals surface area contributed by atoms with Crippen LogP contribution in [0.4, 0.5) is 0 Å². The van der Waals surface area contributed by atoms with Crippen LogP contribution in [0.3, 0.4) is 0 Å². The Morgan fingerprint density at radius 1 is 1.00 bits per heavy atom. The van der Waals surface area contributed by atoms with Crippen LogP contribution in [0.5, 0.6) is 0 Å². The van der Waals surface area contributed by atoms with Crippen molar-refractivity contribution in [3.05, 3.63) is 71.9 Å². The van der Waals surface area contributed by atoms with Crippen molar-refractivity contribution < 1.29 is 4.79 Å². The molecule has 1 unspecified atom stereocenters. The SMILES string of the molecule is NC(C(=O)c1cccc2[nH]ccc12)c1ccccc1. The normalized spacial score (nSPS) is 12.5. The number of hydrogen-bond acceptors (Lipinski definition) is 2. The van der Waals surface area contributed by atoms with Crippen LogP contribution >= 0.6 is 0 Å². The molecule has 1 atom stereocenters. The van der Waals surface area contributed by atoms with Gasteiger partial charge < -0.3 is 10.7 Å². The van der Waals surface area contributed by atoms with Gasteiger partial charge in [-0.1, -0.05) is 42.5 Å². The molecule has 19 heavy (non-hydrogen) atoms. The third kappa shape index (κ3) is 2.04. The van der Waals surface area contributed by atoms with Crippen LogP contribution in [0.1, 0.15) is 22.0 Å². The van der Waals surface area contributed by atoms with E-state index in [-0.39, 0.29) is 5.78 Å². The topological polar surface area (TPSA) is 58.9 Å². The molecule has 0 spiro atoms. The zero-order chi connectivity index (χ0) is 13.2. The van der Waals surface area contributed by atoms with Gasteiger partial charge in [0.2, 0.25) is 0 Å². The van der Waals surface area contributed by atoms with Crippen molar-refractivity contribution in [3.63, 3.8) is 0 Å². The highest BCUT2D eigenvalue weighted by Gasteiger charge is 2.19. The summed E-state index contributed by atoms with van der Waals surface area (Å²) in [5.74, 6) is -0.0589. The van der Waals surface area contributed by atoms with Crippen molar-refractivity contribution in [2.24, 2.45) is 5.73 Å². The fourth-order valence-electron chi connectivity index (χ4n) is 2.28. The van der Waals surface area contributed by atoms with Crippen LogP contribution < -0.4 is 5.73 Å². The number of rotatable bonds is 3. The van der Waals surface area contributed by atoms with Crippen LogP contribution in [0.2, 0.25) is 0 Å². The Morgan fingerprint density at radius 3 is 2.58 bits per heavy atom. The lowest BCUT2D eigenvalue weighted by atomic mass is 9.96. The highest BCUT2D eigenvalue weighted by atomic mass is 16.1. The molecule has 0 saturated carbocycles. The number of fused-ring (bicyclic) bond motifs is 1. The van der Waals surface area contributed by atoms with Gasteiger partial charge in [0.05, 0.1) is 6.04 Å². The standard InChI is InChI=1S/C16H14N2O/c17-15(11-5-2-1-3-6-11)16(19)13-7-4-8-14-12(13)9-10-18-14/h1-10,15,18H,17H2. The van der Waals surface area contributed by atoms with Crippen LogP contribution in [-0.4, -0.2) is 10.8 Å². The van der Waals surface area contributed by atoms with Gasteiger partial charge in [-0.3, -0.25) is 4.79 Å². The summed E-state index contributed by atoms with van der Waals surface area (Å²) in [6.07, 6.45) is 1.83. The molecule has 2 aromatic carbocycles. The van der Waals surface area contributed by atoms with Crippen molar-refractivity contribution in [2.75, 3.05) is 0 Å². The Labute approximate surface area is 111 Å². The third-order valence-electron chi connectivity index (χ3n) is 3.30. The maximum Gasteiger partial charge on any atom is 0.184 e. The minimum atomic E-state index is -0.623. The van der Waals surface area contributed by atoms with Crippen LogP contribution in [0.15, 0.2) is 60.8 Å². The quantitative estimate of drug-likeness (QED) is 0.702. The summed E-state index contributed by atoms with van der Waals surface area (Å²) in [4.78, 5) is 15.6. The second kappa shape index (κ2) is 4.71. The van der Waals surface area contributed by atoms with Gasteiger partial charge >= 0.3 is 0 Å². The molecule has 0 aliphatic heterocycles. The minimum Gasteiger partial charge on any atom is -0.361 e. The monoisotopic (exact) mass is 250 g/mol. The number of aromatic amines is 1. The van der Waals surface area contributed by atoms with E-state index in [4.69, 9.17) is 5.73 Å². The van der Waals surface area contributed by atoms with E-state index < -0.39 is 6.04 Å². The number of ketones is 1. The smallest absolute Gasteiger partial charge is 0.184 e. The van der Waals surface area contributed by atoms with Crippen LogP contribution in [0.25, 0.3) is 10.9 Å². The van der Waals surface area contributed by atoms with E-state index >= 15 is 0 Å². The number of hydrogen-bond donors (Lipinski definition) is 2. The number of aromatic nitrogens is 1. The van der Waals surface area contributed by atoms with Gasteiger partial charge in [-0.05, 0) is 17.7 Å². The minimum absolute atomic E-state index is 0.0589. The average Bonchev–Trinajstić information content (AvgIpc) is 2.95. The maximum atomic E-state index is 12.5. The summed E-state index contributed by atoms with van der Waals surface area (Å²) in [6, 6.07) is 16.3. The summed E-state index contributed by atoms with van der Waals surface area (Å²) < 4.78 is 0. The predicted molar refractivity (Wildman–Crippen MR) is 76.0 cm³/mol. The zero-order valence-electron chi connectivity index (χ0n) is 10.3. The first-order valence-corrected chi connectivity index (χ1v) is 6.18. The molecular weight excluding hydrogens is 236 g/mol. The lowest BCUT2D eigenvalue weighted by Gasteiger charge is -2.11. The van der Waals surface area contributed by atoms with Gasteiger partial charge in [-0.15, -0.1) is 0 Å². The molecule has 3 rings (SSSR count). The molecule has 3 nitrogen and oxygen atoms in total. The molecule has 0 bridgehead atoms. The molecule has 0 amide bonds. The fraction of sp³-hybridized carbons (Fsp3) is 0.0625. The molecule has 0 aliphatic rings. The number of Topliss-reactive ketones (excluding diaryl/α,β-unsaturated/α-hetero) is 1. The first-order chi connectivity index (χ1) is 9.27. The average molecular weight is 250 g/mol. The van der Waals surface area contributed by atoms with Gasteiger partial charge in [0.25, 0.3) is 0 Å². The van der Waals surface area contributed by atoms with Crippen molar-refractivity contribution in [1.29, 1.82) is 0 Å². The van der Waals surface area contributed by atoms with E-state index in [9.17, 15) is 4.79 Å². The molecule has 3 heteroatoms. The summed E-state index contributed by atoms with van der Waals surface area (Å²) in [5, 5.41) is 0.916. The predicted octanol–water partition coefficient (Wildman–Crippen LogP) is 3.05. The number of H-pyrrole nitrogens is 1. The number of carbonyl (C=O) groups is 1. The highest BCUT2D eigenvalue weighted by Crippen LogP contribution is 2.22. The van der Waals surface area contributed by atoms with E-state index in [1.165, 1.54) is 0 Å². The first-order valence-electron chi connectivity index (χ1n) is 6.18. The molecule has 1 aromatic heterocycles. The van der Waals surface area contributed by atoms with Crippen molar-refractivity contribution in [3.8, 4) is 0 Å². The van der Waals surface area contributed by atoms with Crippen LogP contribution in [0, 0.1) is 0 Å². The molecule has 94 valence electrons. The van der Waals surface area contributed by atoms with Gasteiger partial charge in [-0.25, -0.2) is 0 Å². The molecule has 0 aliphatic carbocycles. The van der Waals surface area contributed by atoms with Gasteiger partial charge in [0, 0.05) is 22.7 Å². The summed E-state index contributed by atoms with van der Waals surface area (Å²) in [6.45, 7) is 0. The first kappa shape index (κ1) is 11.7. The van der Waals surface area contributed by atoms with Crippen molar-refractivity contribution >= 4 is 16.7 Å². The van der Waals surface area contributed by atoms with E-state index in [2.05, 4.69) is 4.98 Å². The molecule has 0 radical (unpaired) electrons. The van der Waals surface area contributed by atoms with E-state index in [0.717, 1.165) is 16.5 Å². The number of benzene rings is 2. The van der Waals surface area contributed by atoms with E-state index in [1.54, 1.807) is 0 Å². The number of nitrogens with two attached hydrogens (primary N) is 1. The summed E-state index contributed by atoms with van der Waals surface area (Å²) in [7, 11) is 0. The van der Waals surface area contributed by atoms with E-state index in [1.807, 2.05) is 60.8 Å². The Morgan fingerprint density at radius 2 is 1.79 bits per heavy atom. The highest BCUT2D eigenvalue weighted by molar-refractivity contribution is 6.10. The Hall–Kier alpha value is -2.39. The van der Waals surface area contributed by atoms with Gasteiger partial charge in [0.15, 0.2) is 5.78 Å². The lowest BCUT2D eigenvalue weighted by molar-refractivity contribution is 0.0963. The molecule has 1 heterocycles. The maximum absolute atomic E-state index is 12.5. The zero-order valence-corrected chi connectivity index (χ0v) is 10.3. The fourth-order valence-corrected chi connectivity index (χ4v) is 2.28. The van der Waals surface area contributed by atoms with Crippen LogP contribution in [-0.2, 0) is 0 Å². The Bertz CT molecular complexity index is 716. The Kier molecular flexibility index (Phi) is 2.89. The lowest BCUT2D eigenvalue weighted by Crippen LogP contribution is -2.21. The largest absolute Gasteiger partial charge is 0.361 e. The van der Waals surface area contributed by atoms with Crippen molar-refractivity contribution in [2.45, 2.75) is 6.04 Å². The van der Waals surface area contributed by atoms with Crippen molar-refractivity contribution in [1.82, 2.24) is 4.98 Å². The molecule has 0 saturated heterocycles. The van der Waals surface area contributed by atoms with Gasteiger partial charge in [-0.2, -0.15) is 0 Å². The second-order valence-electron chi connectivity index (χ2n) is 4.50. The second-order valence-corrected chi connectivity index (χ2v) is 4.50. The number of nitrogens with one attached hydrogen (secondary N) is 1. The van der Waals surface area contributed by atoms with Gasteiger partial charge in [0.1, 0.15) is 0 Å². The third-order valence-corrected chi connectivity index (χ3v) is 3.30. The summed E-state index contributed by atoms with van der Waals surface area (Å²) >= 11 is 0. The molecular formula is C16H14N2O. The molecule has 0 fully saturated rings. The summed E-state index contributed by atoms with van der Waals surface area (Å²) in [5.41, 5.74) is 8.52. The Balaban J connectivity index is 2.02. The molecule has 3 N–H and O–H groups in total. The number of carbonyl (C=O) groups excluding carboxylic acids is 1.